The molecule has 1 unspecified atom stereocenters. The third-order valence-electron chi connectivity index (χ3n) is 6.33. The molecule has 0 bridgehead atoms. The van der Waals surface area contributed by atoms with Crippen LogP contribution in [0.4, 0.5) is 5.82 Å². The highest BCUT2D eigenvalue weighted by atomic mass is 35.5. The molecule has 10 nitrogen and oxygen atoms in total. The van der Waals surface area contributed by atoms with Gasteiger partial charge in [0.05, 0.1) is 6.33 Å². The average molecular weight is 439 g/mol. The summed E-state index contributed by atoms with van der Waals surface area (Å²) in [5, 5.41) is 4.92. The fourth-order valence-corrected chi connectivity index (χ4v) is 4.70. The molecule has 4 aromatic heterocycles. The van der Waals surface area contributed by atoms with Gasteiger partial charge in [-0.3, -0.25) is 9.36 Å². The normalized spacial score (nSPS) is 22.3. The molecule has 1 aliphatic heterocycles. The third-order valence-corrected chi connectivity index (χ3v) is 6.74. The minimum Gasteiger partial charge on any atom is -0.356 e. The summed E-state index contributed by atoms with van der Waals surface area (Å²) in [6.07, 6.45) is 4.85. The Hall–Kier alpha value is -3.27. The molecule has 31 heavy (non-hydrogen) atoms. The number of anilines is 1. The van der Waals surface area contributed by atoms with E-state index in [4.69, 9.17) is 16.1 Å². The maximum Gasteiger partial charge on any atom is 0.280 e. The van der Waals surface area contributed by atoms with Gasteiger partial charge in [0.25, 0.3) is 5.56 Å². The standard InChI is InChI=1S/C20H19ClN8O2/c1-10-4-22-14(3-13(10)21)28-5-11-12(6-28)16(11)18-25-15(31-26-18)7-29-9-24-19-17(20(29)30)27(2)8-23-19/h3-4,8-9,11-12,16H,5-7H2,1-2H3/t11-,12+,16?. The molecule has 1 saturated heterocycles. The first-order valence-electron chi connectivity index (χ1n) is 10.1. The van der Waals surface area contributed by atoms with Crippen LogP contribution in [0.25, 0.3) is 11.2 Å². The average Bonchev–Trinajstić information content (AvgIpc) is 3.18. The first-order chi connectivity index (χ1) is 15.0. The van der Waals surface area contributed by atoms with Crippen molar-refractivity contribution in [2.75, 3.05) is 18.0 Å². The molecule has 5 heterocycles. The summed E-state index contributed by atoms with van der Waals surface area (Å²) >= 11 is 6.25. The lowest BCUT2D eigenvalue weighted by atomic mass is 10.2. The molecular weight excluding hydrogens is 420 g/mol. The zero-order valence-electron chi connectivity index (χ0n) is 16.9. The number of imidazole rings is 1. The van der Waals surface area contributed by atoms with Crippen LogP contribution in [0.5, 0.6) is 0 Å². The summed E-state index contributed by atoms with van der Waals surface area (Å²) in [6, 6.07) is 1.92. The fraction of sp³-hybridized carbons (Fsp3) is 0.400. The van der Waals surface area contributed by atoms with Crippen molar-refractivity contribution in [1.82, 2.24) is 34.2 Å². The van der Waals surface area contributed by atoms with Gasteiger partial charge in [-0.25, -0.2) is 15.0 Å². The maximum absolute atomic E-state index is 12.7. The van der Waals surface area contributed by atoms with E-state index >= 15 is 0 Å². The second-order valence-electron chi connectivity index (χ2n) is 8.30. The zero-order chi connectivity index (χ0) is 21.3. The summed E-state index contributed by atoms with van der Waals surface area (Å²) in [6.45, 7) is 3.92. The van der Waals surface area contributed by atoms with E-state index in [1.807, 2.05) is 19.2 Å². The summed E-state index contributed by atoms with van der Waals surface area (Å²) in [5.41, 5.74) is 1.66. The Bertz CT molecular complexity index is 1360. The Balaban J connectivity index is 1.16. The lowest BCUT2D eigenvalue weighted by Gasteiger charge is -2.20. The predicted molar refractivity (Wildman–Crippen MR) is 112 cm³/mol. The zero-order valence-corrected chi connectivity index (χ0v) is 17.7. The van der Waals surface area contributed by atoms with Crippen LogP contribution >= 0.6 is 11.6 Å². The topological polar surface area (TPSA) is 108 Å². The number of halogens is 1. The Labute approximate surface area is 181 Å². The molecule has 4 aromatic rings. The molecule has 0 amide bonds. The van der Waals surface area contributed by atoms with Crippen molar-refractivity contribution in [3.8, 4) is 0 Å². The van der Waals surface area contributed by atoms with Gasteiger partial charge in [-0.15, -0.1) is 0 Å². The van der Waals surface area contributed by atoms with Gasteiger partial charge in [-0.1, -0.05) is 16.8 Å². The van der Waals surface area contributed by atoms with Gasteiger partial charge in [-0.05, 0) is 30.4 Å². The molecule has 3 atom stereocenters. The lowest BCUT2D eigenvalue weighted by molar-refractivity contribution is 0.363. The molecule has 11 heteroatoms. The molecule has 2 aliphatic rings. The first-order valence-corrected chi connectivity index (χ1v) is 10.4. The van der Waals surface area contributed by atoms with E-state index in [9.17, 15) is 4.79 Å². The molecule has 2 fully saturated rings. The first kappa shape index (κ1) is 18.5. The van der Waals surface area contributed by atoms with Gasteiger partial charge in [-0.2, -0.15) is 4.98 Å². The highest BCUT2D eigenvalue weighted by molar-refractivity contribution is 6.31. The van der Waals surface area contributed by atoms with Gasteiger partial charge < -0.3 is 14.0 Å². The molecule has 158 valence electrons. The van der Waals surface area contributed by atoms with Crippen molar-refractivity contribution in [3.05, 3.63) is 57.6 Å². The van der Waals surface area contributed by atoms with Gasteiger partial charge in [0.1, 0.15) is 18.7 Å². The second kappa shape index (κ2) is 6.61. The van der Waals surface area contributed by atoms with E-state index in [-0.39, 0.29) is 18.0 Å². The Kier molecular flexibility index (Phi) is 3.95. The van der Waals surface area contributed by atoms with E-state index in [0.29, 0.717) is 34.7 Å². The van der Waals surface area contributed by atoms with Gasteiger partial charge >= 0.3 is 0 Å². The Morgan fingerprint density at radius 3 is 2.74 bits per heavy atom. The SMILES string of the molecule is Cc1cnc(N2C[C@@H]3C(c4noc(Cn5cnc6ncn(C)c6c5=O)n4)[C@@H]3C2)cc1Cl. The minimum absolute atomic E-state index is 0.180. The Morgan fingerprint density at radius 2 is 1.97 bits per heavy atom. The van der Waals surface area contributed by atoms with Crippen LogP contribution in [0.15, 0.2) is 34.2 Å². The van der Waals surface area contributed by atoms with Crippen molar-refractivity contribution in [2.24, 2.45) is 18.9 Å². The Morgan fingerprint density at radius 1 is 1.19 bits per heavy atom. The van der Waals surface area contributed by atoms with Gasteiger partial charge in [0.2, 0.25) is 5.89 Å². The largest absolute Gasteiger partial charge is 0.356 e. The number of piperidine rings is 1. The van der Waals surface area contributed by atoms with Crippen LogP contribution in [-0.4, -0.2) is 47.3 Å². The van der Waals surface area contributed by atoms with E-state index in [2.05, 4.69) is 30.0 Å². The number of hydrogen-bond donors (Lipinski definition) is 0. The van der Waals surface area contributed by atoms with Gasteiger partial charge in [0.15, 0.2) is 17.0 Å². The molecular formula is C20H19ClN8O2. The monoisotopic (exact) mass is 438 g/mol. The highest BCUT2D eigenvalue weighted by Gasteiger charge is 2.58. The van der Waals surface area contributed by atoms with E-state index < -0.39 is 0 Å². The molecule has 0 radical (unpaired) electrons. The van der Waals surface area contributed by atoms with Crippen LogP contribution in [0, 0.1) is 18.8 Å². The van der Waals surface area contributed by atoms with Gasteiger partial charge in [0, 0.05) is 37.3 Å². The molecule has 1 saturated carbocycles. The van der Waals surface area contributed by atoms with Crippen molar-refractivity contribution < 1.29 is 4.52 Å². The van der Waals surface area contributed by atoms with Crippen molar-refractivity contribution in [3.63, 3.8) is 0 Å². The van der Waals surface area contributed by atoms with Crippen LogP contribution in [0.1, 0.15) is 23.2 Å². The van der Waals surface area contributed by atoms with Crippen LogP contribution in [0.2, 0.25) is 5.02 Å². The second-order valence-corrected chi connectivity index (χ2v) is 8.71. The number of nitrogens with zero attached hydrogens (tertiary/aromatic N) is 8. The molecule has 1 aliphatic carbocycles. The number of rotatable bonds is 4. The maximum atomic E-state index is 12.7. The van der Waals surface area contributed by atoms with Crippen molar-refractivity contribution >= 4 is 28.6 Å². The number of hydrogen-bond acceptors (Lipinski definition) is 8. The van der Waals surface area contributed by atoms with E-state index in [1.165, 1.54) is 10.9 Å². The summed E-state index contributed by atoms with van der Waals surface area (Å²) < 4.78 is 8.56. The van der Waals surface area contributed by atoms with Crippen LogP contribution in [-0.2, 0) is 13.6 Å². The summed E-state index contributed by atoms with van der Waals surface area (Å²) in [4.78, 5) is 32.3. The fourth-order valence-electron chi connectivity index (χ4n) is 4.56. The molecule has 0 N–H and O–H groups in total. The predicted octanol–water partition coefficient (Wildman–Crippen LogP) is 1.77. The lowest BCUT2D eigenvalue weighted by Crippen LogP contribution is -2.24. The van der Waals surface area contributed by atoms with E-state index in [0.717, 1.165) is 29.5 Å². The summed E-state index contributed by atoms with van der Waals surface area (Å²) in [5.74, 6) is 3.25. The number of fused-ring (bicyclic) bond motifs is 2. The quantitative estimate of drug-likeness (QED) is 0.474. The summed E-state index contributed by atoms with van der Waals surface area (Å²) in [7, 11) is 1.77. The van der Waals surface area contributed by atoms with Crippen molar-refractivity contribution in [2.45, 2.75) is 19.4 Å². The third kappa shape index (κ3) is 2.93. The molecule has 6 rings (SSSR count). The molecule has 0 spiro atoms. The number of aromatic nitrogens is 7. The number of pyridine rings is 1. The van der Waals surface area contributed by atoms with Crippen LogP contribution in [0.3, 0.4) is 0 Å². The van der Waals surface area contributed by atoms with Crippen molar-refractivity contribution in [1.29, 1.82) is 0 Å². The smallest absolute Gasteiger partial charge is 0.280 e. The highest BCUT2D eigenvalue weighted by Crippen LogP contribution is 2.57. The van der Waals surface area contributed by atoms with Crippen LogP contribution < -0.4 is 10.5 Å². The number of aryl methyl sites for hydroxylation is 2. The minimum atomic E-state index is -0.187. The van der Waals surface area contributed by atoms with E-state index in [1.54, 1.807) is 17.9 Å². The molecule has 0 aromatic carbocycles.